The maximum Gasteiger partial charge on any atom is 0.326 e. The number of hydrogen-bond acceptors (Lipinski definition) is 3. The highest BCUT2D eigenvalue weighted by atomic mass is 16.4. The molecule has 0 aromatic carbocycles. The molecule has 1 aliphatic heterocycles. The smallest absolute Gasteiger partial charge is 0.326 e. The molecule has 1 fully saturated rings. The maximum atomic E-state index is 12.5. The van der Waals surface area contributed by atoms with Crippen molar-refractivity contribution in [3.8, 4) is 0 Å². The van der Waals surface area contributed by atoms with E-state index in [-0.39, 0.29) is 18.5 Å². The molecule has 1 rings (SSSR count). The van der Waals surface area contributed by atoms with Gasteiger partial charge in [0.05, 0.1) is 12.1 Å². The fourth-order valence-electron chi connectivity index (χ4n) is 2.74. The first kappa shape index (κ1) is 16.8. The molecule has 0 saturated carbocycles. The molecule has 6 heteroatoms. The van der Waals surface area contributed by atoms with Crippen LogP contribution in [0.25, 0.3) is 0 Å². The third-order valence-corrected chi connectivity index (χ3v) is 3.66. The van der Waals surface area contributed by atoms with Gasteiger partial charge in [0.2, 0.25) is 0 Å². The SMILES string of the molecule is CCN(CC(C)(C)O)C(=O)N1CCCC(C)C1C(=O)O. The molecule has 0 aliphatic carbocycles. The lowest BCUT2D eigenvalue weighted by molar-refractivity contribution is -0.145. The largest absolute Gasteiger partial charge is 0.480 e. The quantitative estimate of drug-likeness (QED) is 0.818. The minimum atomic E-state index is -0.994. The van der Waals surface area contributed by atoms with Gasteiger partial charge in [-0.2, -0.15) is 0 Å². The number of carboxylic acids is 1. The second-order valence-corrected chi connectivity index (χ2v) is 6.21. The molecule has 0 spiro atoms. The van der Waals surface area contributed by atoms with E-state index in [0.29, 0.717) is 13.1 Å². The molecule has 0 bridgehead atoms. The van der Waals surface area contributed by atoms with Gasteiger partial charge >= 0.3 is 12.0 Å². The Bertz CT molecular complexity index is 365. The molecule has 6 nitrogen and oxygen atoms in total. The highest BCUT2D eigenvalue weighted by Crippen LogP contribution is 2.25. The Morgan fingerprint density at radius 1 is 1.40 bits per heavy atom. The average Bonchev–Trinajstić information content (AvgIpc) is 2.33. The van der Waals surface area contributed by atoms with Crippen LogP contribution in [0.4, 0.5) is 4.79 Å². The number of likely N-dealkylation sites (N-methyl/N-ethyl adjacent to an activating group) is 1. The van der Waals surface area contributed by atoms with E-state index in [0.717, 1.165) is 12.8 Å². The Balaban J connectivity index is 2.88. The number of amides is 2. The van der Waals surface area contributed by atoms with Crippen LogP contribution < -0.4 is 0 Å². The predicted octanol–water partition coefficient (Wildman–Crippen LogP) is 1.38. The normalized spacial score (nSPS) is 23.6. The Morgan fingerprint density at radius 2 is 2.00 bits per heavy atom. The Hall–Kier alpha value is -1.30. The number of aliphatic hydroxyl groups is 1. The predicted molar refractivity (Wildman–Crippen MR) is 75.5 cm³/mol. The number of rotatable bonds is 4. The average molecular weight is 286 g/mol. The van der Waals surface area contributed by atoms with Crippen LogP contribution in [-0.2, 0) is 4.79 Å². The van der Waals surface area contributed by atoms with Crippen LogP contribution in [0.2, 0.25) is 0 Å². The minimum absolute atomic E-state index is 0.0500. The second kappa shape index (κ2) is 6.43. The summed E-state index contributed by atoms with van der Waals surface area (Å²) in [7, 11) is 0. The van der Waals surface area contributed by atoms with Crippen LogP contribution in [-0.4, -0.2) is 63.3 Å². The summed E-state index contributed by atoms with van der Waals surface area (Å²) in [5, 5.41) is 19.2. The van der Waals surface area contributed by atoms with Gasteiger partial charge in [-0.15, -0.1) is 0 Å². The number of nitrogens with zero attached hydrogens (tertiary/aromatic N) is 2. The minimum Gasteiger partial charge on any atom is -0.480 e. The first-order valence-corrected chi connectivity index (χ1v) is 7.18. The van der Waals surface area contributed by atoms with Crippen molar-refractivity contribution in [2.24, 2.45) is 5.92 Å². The molecule has 2 unspecified atom stereocenters. The van der Waals surface area contributed by atoms with Crippen molar-refractivity contribution in [1.29, 1.82) is 0 Å². The maximum absolute atomic E-state index is 12.5. The highest BCUT2D eigenvalue weighted by Gasteiger charge is 2.39. The molecule has 0 radical (unpaired) electrons. The number of aliphatic carboxylic acids is 1. The number of carboxylic acid groups (broad SMARTS) is 1. The first-order chi connectivity index (χ1) is 9.17. The van der Waals surface area contributed by atoms with E-state index in [1.807, 2.05) is 13.8 Å². The molecular weight excluding hydrogens is 260 g/mol. The third kappa shape index (κ3) is 4.10. The summed E-state index contributed by atoms with van der Waals surface area (Å²) in [6.45, 7) is 8.06. The van der Waals surface area contributed by atoms with Gasteiger partial charge in [0.15, 0.2) is 0 Å². The monoisotopic (exact) mass is 286 g/mol. The number of urea groups is 1. The van der Waals surface area contributed by atoms with Crippen LogP contribution in [0.15, 0.2) is 0 Å². The molecule has 1 aliphatic rings. The van der Waals surface area contributed by atoms with Crippen molar-refractivity contribution in [3.63, 3.8) is 0 Å². The van der Waals surface area contributed by atoms with Gasteiger partial charge < -0.3 is 20.0 Å². The van der Waals surface area contributed by atoms with Crippen LogP contribution in [0, 0.1) is 5.92 Å². The highest BCUT2D eigenvalue weighted by molar-refractivity contribution is 5.83. The van der Waals surface area contributed by atoms with Gasteiger partial charge in [-0.25, -0.2) is 9.59 Å². The van der Waals surface area contributed by atoms with E-state index in [2.05, 4.69) is 0 Å². The van der Waals surface area contributed by atoms with Crippen molar-refractivity contribution < 1.29 is 19.8 Å². The lowest BCUT2D eigenvalue weighted by Crippen LogP contribution is -2.57. The number of carbonyl (C=O) groups is 2. The first-order valence-electron chi connectivity index (χ1n) is 7.18. The molecule has 0 aromatic rings. The third-order valence-electron chi connectivity index (χ3n) is 3.66. The van der Waals surface area contributed by atoms with Crippen LogP contribution >= 0.6 is 0 Å². The molecular formula is C14H26N2O4. The number of likely N-dealkylation sites (tertiary alicyclic amines) is 1. The lowest BCUT2D eigenvalue weighted by atomic mass is 9.91. The van der Waals surface area contributed by atoms with Crippen LogP contribution in [0.1, 0.15) is 40.5 Å². The topological polar surface area (TPSA) is 81.1 Å². The summed E-state index contributed by atoms with van der Waals surface area (Å²) < 4.78 is 0. The summed E-state index contributed by atoms with van der Waals surface area (Å²) >= 11 is 0. The molecule has 2 atom stereocenters. The fraction of sp³-hybridized carbons (Fsp3) is 0.857. The summed E-state index contributed by atoms with van der Waals surface area (Å²) in [5.41, 5.74) is -0.994. The molecule has 1 saturated heterocycles. The van der Waals surface area contributed by atoms with Gasteiger partial charge in [0, 0.05) is 13.1 Å². The molecule has 1 heterocycles. The van der Waals surface area contributed by atoms with Crippen molar-refractivity contribution >= 4 is 12.0 Å². The van der Waals surface area contributed by atoms with E-state index in [9.17, 15) is 19.8 Å². The van der Waals surface area contributed by atoms with E-state index < -0.39 is 17.6 Å². The zero-order valence-electron chi connectivity index (χ0n) is 12.8. The van der Waals surface area contributed by atoms with Crippen molar-refractivity contribution in [2.75, 3.05) is 19.6 Å². The standard InChI is InChI=1S/C14H26N2O4/c1-5-15(9-14(3,4)20)13(19)16-8-6-7-10(2)11(16)12(17)18/h10-11,20H,5-9H2,1-4H3,(H,17,18). The van der Waals surface area contributed by atoms with Gasteiger partial charge in [-0.05, 0) is 39.5 Å². The van der Waals surface area contributed by atoms with E-state index in [1.165, 1.54) is 9.80 Å². The molecule has 0 aromatic heterocycles. The van der Waals surface area contributed by atoms with Crippen molar-refractivity contribution in [2.45, 2.75) is 52.2 Å². The second-order valence-electron chi connectivity index (χ2n) is 6.21. The van der Waals surface area contributed by atoms with E-state index in [4.69, 9.17) is 0 Å². The Labute approximate surface area is 120 Å². The summed E-state index contributed by atoms with van der Waals surface area (Å²) in [4.78, 5) is 26.9. The fourth-order valence-corrected chi connectivity index (χ4v) is 2.74. The van der Waals surface area contributed by atoms with Gasteiger partial charge in [-0.1, -0.05) is 6.92 Å². The van der Waals surface area contributed by atoms with E-state index >= 15 is 0 Å². The van der Waals surface area contributed by atoms with Gasteiger partial charge in [0.1, 0.15) is 6.04 Å². The molecule has 2 N–H and O–H groups in total. The number of hydrogen-bond donors (Lipinski definition) is 2. The Kier molecular flexibility index (Phi) is 5.39. The molecule has 116 valence electrons. The van der Waals surface area contributed by atoms with Crippen molar-refractivity contribution in [1.82, 2.24) is 9.80 Å². The number of carbonyl (C=O) groups excluding carboxylic acids is 1. The van der Waals surface area contributed by atoms with Gasteiger partial charge in [-0.3, -0.25) is 0 Å². The molecule has 2 amide bonds. The summed E-state index contributed by atoms with van der Waals surface area (Å²) in [5.74, 6) is -1.00. The van der Waals surface area contributed by atoms with Crippen LogP contribution in [0.5, 0.6) is 0 Å². The van der Waals surface area contributed by atoms with Crippen LogP contribution in [0.3, 0.4) is 0 Å². The van der Waals surface area contributed by atoms with Crippen molar-refractivity contribution in [3.05, 3.63) is 0 Å². The lowest BCUT2D eigenvalue weighted by Gasteiger charge is -2.40. The zero-order valence-corrected chi connectivity index (χ0v) is 12.8. The van der Waals surface area contributed by atoms with E-state index in [1.54, 1.807) is 13.8 Å². The molecule has 20 heavy (non-hydrogen) atoms. The number of piperidine rings is 1. The summed E-state index contributed by atoms with van der Waals surface area (Å²) in [6, 6.07) is -1.07. The summed E-state index contributed by atoms with van der Waals surface area (Å²) in [6.07, 6.45) is 1.63. The zero-order chi connectivity index (χ0) is 15.5. The Morgan fingerprint density at radius 3 is 2.45 bits per heavy atom. The van der Waals surface area contributed by atoms with Gasteiger partial charge in [0.25, 0.3) is 0 Å².